The van der Waals surface area contributed by atoms with Gasteiger partial charge in [-0.05, 0) is 154 Å². The van der Waals surface area contributed by atoms with Gasteiger partial charge < -0.3 is 74.6 Å². The highest BCUT2D eigenvalue weighted by Gasteiger charge is 2.36. The number of ketones is 10. The standard InChI is InChI=1S/2C17H24N2O.2C12H25N3O2.2C11H21NO.2C11H23NO.2C9H19NO/c2*1-11(2)17(20)16(19-12(3)4)9-13-10-18-15-8-6-5-7-14(13)15;2*1-8(2)11(16)10(15-9(3)4)6-5-7-14-12(13)17;2*1-8(2)11(13)10-6-5-7-12(10)9(3)4;2*1-7(2)10(12-9(5)6)11(13)8(3)4;2*1-6(2)9(11)8(5)10-7(3)4/h2*5-8,10-12,16,18-19H,9H2,1-4H3;2*8-10,15H,5-7H2,1-4H3,(H3,13,14,17);2*8-10H,5-7H2,1-4H3;2*7-10,12H,1-6H3;2*6-8,10H,1-5H3/t2*16-;6*10-;2*8-/m0000100010/s1. The molecule has 0 saturated carbocycles. The third-order valence-corrected chi connectivity index (χ3v) is 24.9. The highest BCUT2D eigenvalue weighted by molar-refractivity contribution is 5.92. The van der Waals surface area contributed by atoms with Gasteiger partial charge >= 0.3 is 12.1 Å². The SMILES string of the molecule is CC(C)C(=O)[C@@H]1CCCN1C(C)C.CC(C)C(=O)[C@H]1CCCN1C(C)C.CC(C)N[C@@H](C)C(=O)C(C)C.CC(C)N[C@@H](CCCNC(N)=O)C(=O)C(C)C.CC(C)N[C@@H](CCCNC(N)=O)C(=O)C(C)C.CC(C)N[C@@H](Cc1c[nH]c2ccccc12)C(=O)C(C)C.CC(C)N[C@@H](Cc1c[nH]c2ccccc12)C(=O)C(C)C.CC(C)N[C@H](C(=O)C(C)C)C(C)C.CC(C)N[C@H](C(=O)C(C)C)C(C)C.CC(C)N[C@H](C)C(=O)C(C)C. The Morgan fingerprint density at radius 2 is 0.534 bits per heavy atom. The predicted molar refractivity (Wildman–Crippen MR) is 623 cm³/mol. The molecule has 0 spiro atoms. The molecule has 28 heteroatoms. The van der Waals surface area contributed by atoms with Crippen LogP contribution in [0.5, 0.6) is 0 Å². The predicted octanol–water partition coefficient (Wildman–Crippen LogP) is 20.5. The first-order valence-electron chi connectivity index (χ1n) is 56.5. The number of primary amides is 2. The minimum Gasteiger partial charge on any atom is -0.361 e. The van der Waals surface area contributed by atoms with Crippen molar-refractivity contribution in [2.45, 2.75) is 504 Å². The van der Waals surface area contributed by atoms with Gasteiger partial charge in [-0.1, -0.05) is 313 Å². The van der Waals surface area contributed by atoms with Crippen molar-refractivity contribution in [3.63, 3.8) is 0 Å². The molecule has 4 heterocycles. The van der Waals surface area contributed by atoms with Crippen molar-refractivity contribution < 1.29 is 57.5 Å². The lowest BCUT2D eigenvalue weighted by Gasteiger charge is -2.28. The van der Waals surface area contributed by atoms with Gasteiger partial charge in [0, 0.05) is 167 Å². The number of urea groups is 2. The number of amides is 4. The lowest BCUT2D eigenvalue weighted by atomic mass is 9.92. The van der Waals surface area contributed by atoms with E-state index in [1.54, 1.807) is 0 Å². The smallest absolute Gasteiger partial charge is 0.312 e. The van der Waals surface area contributed by atoms with Crippen LogP contribution in [0.2, 0.25) is 0 Å². The minimum atomic E-state index is -0.520. The number of nitrogens with zero attached hydrogens (tertiary/aromatic N) is 2. The monoisotopic (exact) mass is 2080 g/mol. The van der Waals surface area contributed by atoms with Crippen molar-refractivity contribution in [1.82, 2.24) is 72.9 Å². The molecule has 2 aliphatic heterocycles. The molecule has 6 rings (SSSR count). The molecule has 28 nitrogen and oxygen atoms in total. The molecular formula is C120H224N16O12. The maximum absolute atomic E-state index is 12.4. The van der Waals surface area contributed by atoms with E-state index in [4.69, 9.17) is 11.5 Å². The first kappa shape index (κ1) is 147. The largest absolute Gasteiger partial charge is 0.361 e. The van der Waals surface area contributed by atoms with Crippen LogP contribution in [0, 0.1) is 71.0 Å². The van der Waals surface area contributed by atoms with Crippen molar-refractivity contribution >= 4 is 91.7 Å². The number of likely N-dealkylation sites (tertiary alicyclic amines) is 2. The van der Waals surface area contributed by atoms with E-state index in [2.05, 4.69) is 208 Å². The molecule has 856 valence electrons. The fraction of sp³-hybridized carbons (Fsp3) is 0.767. The highest BCUT2D eigenvalue weighted by Crippen LogP contribution is 2.27. The van der Waals surface area contributed by atoms with E-state index in [0.717, 1.165) is 75.5 Å². The Labute approximate surface area is 901 Å². The van der Waals surface area contributed by atoms with Gasteiger partial charge in [0.1, 0.15) is 0 Å². The second kappa shape index (κ2) is 78.5. The van der Waals surface area contributed by atoms with Gasteiger partial charge in [0.2, 0.25) is 0 Å². The molecule has 4 amide bonds. The average molecular weight is 2080 g/mol. The van der Waals surface area contributed by atoms with E-state index in [1.165, 1.54) is 34.7 Å². The van der Waals surface area contributed by atoms with Crippen LogP contribution in [0.3, 0.4) is 0 Å². The summed E-state index contributed by atoms with van der Waals surface area (Å²) in [5, 5.41) is 33.7. The number of rotatable bonds is 52. The minimum absolute atomic E-state index is 0.00463. The summed E-state index contributed by atoms with van der Waals surface area (Å²) >= 11 is 0. The number of fused-ring (bicyclic) bond motifs is 2. The number of nitrogens with two attached hydrogens (primary N) is 2. The van der Waals surface area contributed by atoms with Crippen LogP contribution in [0.1, 0.15) is 381 Å². The third-order valence-electron chi connectivity index (χ3n) is 24.9. The van der Waals surface area contributed by atoms with E-state index < -0.39 is 12.1 Å². The van der Waals surface area contributed by atoms with Crippen LogP contribution >= 0.6 is 0 Å². The Bertz CT molecular complexity index is 4030. The molecular weight excluding hydrogens is 1860 g/mol. The molecule has 2 aromatic heterocycles. The van der Waals surface area contributed by atoms with Crippen LogP contribution in [0.25, 0.3) is 21.8 Å². The topological polar surface area (TPSA) is 415 Å². The lowest BCUT2D eigenvalue weighted by Crippen LogP contribution is -2.46. The Hall–Kier alpha value is -7.64. The zero-order valence-corrected chi connectivity index (χ0v) is 102. The molecule has 0 radical (unpaired) electrons. The van der Waals surface area contributed by atoms with E-state index in [0.29, 0.717) is 108 Å². The zero-order chi connectivity index (χ0) is 115. The number of H-pyrrole nitrogens is 2. The number of hydrogen-bond donors (Lipinski definition) is 14. The van der Waals surface area contributed by atoms with Crippen molar-refractivity contribution in [1.29, 1.82) is 0 Å². The number of Topliss-reactive ketones (excluding diaryl/α,β-unsaturated/α-hetero) is 10. The second-order valence-electron chi connectivity index (χ2n) is 47.2. The van der Waals surface area contributed by atoms with Crippen molar-refractivity contribution in [3.8, 4) is 0 Å². The molecule has 2 fully saturated rings. The maximum Gasteiger partial charge on any atom is 0.312 e. The van der Waals surface area contributed by atoms with E-state index >= 15 is 0 Å². The van der Waals surface area contributed by atoms with Crippen molar-refractivity contribution in [2.24, 2.45) is 82.5 Å². The Morgan fingerprint density at radius 1 is 0.297 bits per heavy atom. The van der Waals surface area contributed by atoms with Gasteiger partial charge in [0.25, 0.3) is 0 Å². The number of hydrogen-bond acceptors (Lipinski definition) is 22. The molecule has 16 N–H and O–H groups in total. The summed E-state index contributed by atoms with van der Waals surface area (Å²) in [5.41, 5.74) is 14.6. The van der Waals surface area contributed by atoms with Gasteiger partial charge in [-0.25, -0.2) is 9.59 Å². The van der Waals surface area contributed by atoms with Crippen molar-refractivity contribution in [2.75, 3.05) is 26.2 Å². The highest BCUT2D eigenvalue weighted by atomic mass is 16.2. The summed E-state index contributed by atoms with van der Waals surface area (Å²) in [6, 6.07) is 19.0. The number of para-hydroxylation sites is 2. The van der Waals surface area contributed by atoms with Gasteiger partial charge in [0.05, 0.1) is 60.4 Å². The molecule has 2 aromatic carbocycles. The van der Waals surface area contributed by atoms with Gasteiger partial charge in [-0.15, -0.1) is 0 Å². The molecule has 148 heavy (non-hydrogen) atoms. The Morgan fingerprint density at radius 3 is 0.750 bits per heavy atom. The fourth-order valence-electron chi connectivity index (χ4n) is 17.4. The number of nitrogens with one attached hydrogen (secondary N) is 12. The zero-order valence-electron chi connectivity index (χ0n) is 102. The van der Waals surface area contributed by atoms with Crippen LogP contribution in [-0.2, 0) is 60.8 Å². The molecule has 2 aliphatic rings. The summed E-state index contributed by atoms with van der Waals surface area (Å²) in [7, 11) is 0. The summed E-state index contributed by atoms with van der Waals surface area (Å²) in [6.07, 6.45) is 12.9. The maximum atomic E-state index is 12.4. The quantitative estimate of drug-likeness (QED) is 0.0183. The van der Waals surface area contributed by atoms with Gasteiger partial charge in [0.15, 0.2) is 57.8 Å². The summed E-state index contributed by atoms with van der Waals surface area (Å²) < 4.78 is 0. The first-order valence-corrected chi connectivity index (χ1v) is 56.5. The Balaban J connectivity index is -0.000000784. The molecule has 0 bridgehead atoms. The average Bonchev–Trinajstić information content (AvgIpc) is 1.68. The molecule has 10 atom stereocenters. The number of aromatic amines is 2. The third kappa shape index (κ3) is 63.8. The molecule has 0 unspecified atom stereocenters. The van der Waals surface area contributed by atoms with Crippen LogP contribution < -0.4 is 64.6 Å². The molecule has 4 aromatic rings. The van der Waals surface area contributed by atoms with Crippen LogP contribution in [0.4, 0.5) is 9.59 Å². The lowest BCUT2D eigenvalue weighted by molar-refractivity contribution is -0.127. The fourth-order valence-corrected chi connectivity index (χ4v) is 17.4. The summed E-state index contributed by atoms with van der Waals surface area (Å²) in [6.45, 7) is 96.0. The normalized spacial score (nSPS) is 15.5. The first-order chi connectivity index (χ1) is 68.3. The molecule has 2 saturated heterocycles. The summed E-state index contributed by atoms with van der Waals surface area (Å²) in [4.78, 5) is 151. The van der Waals surface area contributed by atoms with Crippen LogP contribution in [-0.4, -0.2) is 237 Å². The second-order valence-corrected chi connectivity index (χ2v) is 47.2. The Kier molecular flexibility index (Phi) is 77.8. The van der Waals surface area contributed by atoms with Crippen molar-refractivity contribution in [3.05, 3.63) is 72.1 Å². The molecule has 0 aliphatic carbocycles. The number of carbonyl (C=O) groups excluding carboxylic acids is 12. The van der Waals surface area contributed by atoms with E-state index in [9.17, 15) is 57.5 Å². The van der Waals surface area contributed by atoms with E-state index in [-0.39, 0.29) is 155 Å². The van der Waals surface area contributed by atoms with Crippen LogP contribution in [0.15, 0.2) is 60.9 Å². The number of carbonyl (C=O) groups is 12. The van der Waals surface area contributed by atoms with Gasteiger partial charge in [-0.3, -0.25) is 57.7 Å². The summed E-state index contributed by atoms with van der Waals surface area (Å²) in [5.74, 6) is 4.86. The van der Waals surface area contributed by atoms with E-state index in [1.807, 2.05) is 244 Å². The number of aromatic nitrogens is 2. The number of benzene rings is 2. The van der Waals surface area contributed by atoms with Gasteiger partial charge in [-0.2, -0.15) is 0 Å².